The second-order valence-corrected chi connectivity index (χ2v) is 32.9. The number of rotatable bonds is 2. The van der Waals surface area contributed by atoms with E-state index in [0.29, 0.717) is 11.5 Å². The van der Waals surface area contributed by atoms with Gasteiger partial charge in [0, 0.05) is 0 Å². The van der Waals surface area contributed by atoms with Gasteiger partial charge in [-0.2, -0.15) is 0 Å². The summed E-state index contributed by atoms with van der Waals surface area (Å²) in [7, 11) is 0. The van der Waals surface area contributed by atoms with Gasteiger partial charge < -0.3 is 0 Å². The molecular formula is C48H23BiCl4N2O3S2. The first-order valence-corrected chi connectivity index (χ1v) is 30.3. The van der Waals surface area contributed by atoms with Crippen molar-refractivity contribution in [1.29, 1.82) is 0 Å². The summed E-state index contributed by atoms with van der Waals surface area (Å²) in [6.45, 7) is 0. The third-order valence-electron chi connectivity index (χ3n) is 12.3. The Hall–Kier alpha value is -4.76. The molecule has 0 radical (unpaired) electrons. The van der Waals surface area contributed by atoms with E-state index in [2.05, 4.69) is 137 Å². The molecule has 5 nitrogen and oxygen atoms in total. The van der Waals surface area contributed by atoms with Gasteiger partial charge in [0.15, 0.2) is 0 Å². The molecule has 8 aromatic carbocycles. The summed E-state index contributed by atoms with van der Waals surface area (Å²) in [6, 6.07) is 49.0. The van der Waals surface area contributed by atoms with E-state index < -0.39 is 19.7 Å². The zero-order valence-corrected chi connectivity index (χ0v) is 38.8. The molecule has 4 aliphatic heterocycles. The first-order valence-electron chi connectivity index (χ1n) is 19.1. The van der Waals surface area contributed by atoms with Crippen molar-refractivity contribution < 1.29 is 10.4 Å². The Bertz CT molecular complexity index is 3400. The van der Waals surface area contributed by atoms with Crippen LogP contribution in [-0.4, -0.2) is 19.7 Å². The van der Waals surface area contributed by atoms with Crippen molar-refractivity contribution in [2.75, 3.05) is 9.80 Å². The minimum atomic E-state index is -6.48. The van der Waals surface area contributed by atoms with Gasteiger partial charge in [0.2, 0.25) is 0 Å². The van der Waals surface area contributed by atoms with Crippen molar-refractivity contribution in [2.24, 2.45) is 0 Å². The van der Waals surface area contributed by atoms with Gasteiger partial charge in [-0.15, -0.1) is 0 Å². The van der Waals surface area contributed by atoms with Gasteiger partial charge in [-0.3, -0.25) is 0 Å². The number of fused-ring (bicyclic) bond motifs is 9. The molecule has 12 heteroatoms. The normalized spacial score (nSPS) is 16.4. The van der Waals surface area contributed by atoms with E-state index >= 15 is 0 Å². The number of ether oxygens (including phenoxy) is 1. The van der Waals surface area contributed by atoms with E-state index in [1.807, 2.05) is 12.1 Å². The maximum absolute atomic E-state index is 8.08. The summed E-state index contributed by atoms with van der Waals surface area (Å²) in [5, 5.41) is 4.95. The van der Waals surface area contributed by atoms with Crippen LogP contribution in [0.25, 0.3) is 40.3 Å². The Morgan fingerprint density at radius 1 is 0.433 bits per heavy atom. The number of hydrogen-bond donors (Lipinski definition) is 0. The molecule has 10 aromatic rings. The predicted octanol–water partition coefficient (Wildman–Crippen LogP) is 14.6. The fraction of sp³-hybridized carbons (Fsp3) is 0. The molecular weight excluding hydrogens is 1070 g/mol. The predicted molar refractivity (Wildman–Crippen MR) is 254 cm³/mol. The fourth-order valence-electron chi connectivity index (χ4n) is 10.0. The SMILES string of the molecule is Clc1c(Cl)c(Cl)c2c(c1Cl)[O][Bi]13([O]2)[c]2c4cccc2N(c2ccccc2)c2[c]1c(cc1c2sc2ccccc21)Oc1cc2c(sc5ccccc52)c([c]13)N4c1ccccc1. The minimum absolute atomic E-state index is 0.108. The van der Waals surface area contributed by atoms with Crippen molar-refractivity contribution in [3.05, 3.63) is 160 Å². The van der Waals surface area contributed by atoms with Gasteiger partial charge in [-0.1, -0.05) is 0 Å². The summed E-state index contributed by atoms with van der Waals surface area (Å²) in [5.74, 6) is 1.90. The quantitative estimate of drug-likeness (QED) is 0.0979. The van der Waals surface area contributed by atoms with E-state index in [1.54, 1.807) is 22.7 Å². The van der Waals surface area contributed by atoms with Crippen LogP contribution in [0.5, 0.6) is 23.0 Å². The molecule has 4 aliphatic rings. The molecule has 14 rings (SSSR count). The standard InChI is InChI=1S/C42H23N2OS2.C6H2Cl4O2.Bi/c1-3-12-27(13-4-1)43-29-16-11-17-30(22-29)44(28-14-5-2-6-15-28)38-26-32(24-36-34-19-8-10-21-40(34)47-42(36)38)45-31-23-35-33-18-7-9-20-39(33)46-41(35)37(43)25-31;7-1-2(8)4(10)6(12)5(11)3(1)9;/h1-21,23-24H;11-12H;/q;;+2/p-2. The summed E-state index contributed by atoms with van der Waals surface area (Å²) in [5.41, 5.74) is 5.73. The van der Waals surface area contributed by atoms with Gasteiger partial charge in [0.05, 0.1) is 0 Å². The Balaban J connectivity index is 1.28. The number of anilines is 6. The zero-order valence-electron chi connectivity index (χ0n) is 30.7. The molecule has 1 spiro atoms. The molecule has 0 atom stereocenters. The van der Waals surface area contributed by atoms with Crippen molar-refractivity contribution >= 4 is 173 Å². The Morgan fingerprint density at radius 3 is 1.33 bits per heavy atom. The third kappa shape index (κ3) is 3.97. The number of benzene rings is 8. The molecule has 60 heavy (non-hydrogen) atoms. The van der Waals surface area contributed by atoms with Crippen LogP contribution in [0.15, 0.2) is 140 Å². The molecule has 0 aliphatic carbocycles. The number of thiophene rings is 2. The number of nitrogens with zero attached hydrogens (tertiary/aromatic N) is 2. The molecule has 0 saturated heterocycles. The second-order valence-electron chi connectivity index (χ2n) is 15.2. The molecule has 0 saturated carbocycles. The Kier molecular flexibility index (Phi) is 6.85. The molecule has 0 N–H and O–H groups in total. The average molecular weight is 1090 g/mol. The zero-order chi connectivity index (χ0) is 39.8. The van der Waals surface area contributed by atoms with Gasteiger partial charge >= 0.3 is 376 Å². The van der Waals surface area contributed by atoms with Gasteiger partial charge in [-0.25, -0.2) is 0 Å². The van der Waals surface area contributed by atoms with Crippen LogP contribution in [0.1, 0.15) is 0 Å². The number of hydrogen-bond acceptors (Lipinski definition) is 7. The first-order chi connectivity index (χ1) is 29.4. The molecule has 0 bridgehead atoms. The average Bonchev–Trinajstić information content (AvgIpc) is 3.97. The van der Waals surface area contributed by atoms with E-state index in [0.717, 1.165) is 84.3 Å². The van der Waals surface area contributed by atoms with Crippen LogP contribution in [0.4, 0.5) is 34.1 Å². The summed E-state index contributed by atoms with van der Waals surface area (Å²) < 4.78 is 30.8. The van der Waals surface area contributed by atoms with Crippen molar-refractivity contribution in [3.8, 4) is 23.0 Å². The maximum atomic E-state index is 8.08. The van der Waals surface area contributed by atoms with Crippen LogP contribution in [0.2, 0.25) is 20.1 Å². The van der Waals surface area contributed by atoms with Crippen molar-refractivity contribution in [3.63, 3.8) is 0 Å². The summed E-state index contributed by atoms with van der Waals surface area (Å²) >= 11 is 25.4. The van der Waals surface area contributed by atoms with E-state index in [4.69, 9.17) is 56.8 Å². The molecule has 288 valence electrons. The molecule has 0 unspecified atom stereocenters. The van der Waals surface area contributed by atoms with Gasteiger partial charge in [0.25, 0.3) is 0 Å². The topological polar surface area (TPSA) is 34.2 Å². The second kappa shape index (κ2) is 11.8. The van der Waals surface area contributed by atoms with Gasteiger partial charge in [-0.05, 0) is 0 Å². The fourth-order valence-corrected chi connectivity index (χ4v) is 36.6. The van der Waals surface area contributed by atoms with E-state index in [1.165, 1.54) is 0 Å². The van der Waals surface area contributed by atoms with Crippen LogP contribution >= 0.6 is 69.1 Å². The molecule has 0 fully saturated rings. The Labute approximate surface area is 372 Å². The number of para-hydroxylation sites is 2. The van der Waals surface area contributed by atoms with Crippen LogP contribution in [0.3, 0.4) is 0 Å². The van der Waals surface area contributed by atoms with Crippen molar-refractivity contribution in [2.45, 2.75) is 0 Å². The van der Waals surface area contributed by atoms with Crippen LogP contribution in [-0.2, 0) is 0 Å². The van der Waals surface area contributed by atoms with Crippen LogP contribution in [0, 0.1) is 0 Å². The third-order valence-corrected chi connectivity index (χ3v) is 35.2. The van der Waals surface area contributed by atoms with Crippen LogP contribution < -0.4 is 30.0 Å². The summed E-state index contributed by atoms with van der Waals surface area (Å²) in [6.07, 6.45) is 0. The molecule has 6 heterocycles. The van der Waals surface area contributed by atoms with Crippen molar-refractivity contribution in [1.82, 2.24) is 0 Å². The first kappa shape index (κ1) is 34.9. The van der Waals surface area contributed by atoms with E-state index in [-0.39, 0.29) is 31.6 Å². The van der Waals surface area contributed by atoms with Gasteiger partial charge in [0.1, 0.15) is 0 Å². The summed E-state index contributed by atoms with van der Waals surface area (Å²) in [4.78, 5) is 4.75. The molecule has 2 aromatic heterocycles. The monoisotopic (exact) mass is 1090 g/mol. The number of halogens is 4. The molecule has 0 amide bonds. The van der Waals surface area contributed by atoms with E-state index in [9.17, 15) is 0 Å². The Morgan fingerprint density at radius 2 is 0.867 bits per heavy atom.